The Bertz CT molecular complexity index is 3230. The van der Waals surface area contributed by atoms with Gasteiger partial charge in [0.1, 0.15) is 11.0 Å². The maximum absolute atomic E-state index is 6.64. The fourth-order valence-corrected chi connectivity index (χ4v) is 8.86. The molecule has 0 spiro atoms. The molecule has 0 saturated heterocycles. The maximum Gasteiger partial charge on any atom is 0.136 e. The normalized spacial score (nSPS) is 13.8. The molecule has 2 nitrogen and oxygen atoms in total. The third-order valence-electron chi connectivity index (χ3n) is 11.5. The average Bonchev–Trinajstić information content (AvgIpc) is 3.62. The van der Waals surface area contributed by atoms with Crippen molar-refractivity contribution in [2.75, 3.05) is 4.90 Å². The van der Waals surface area contributed by atoms with Gasteiger partial charge in [0, 0.05) is 22.0 Å². The van der Waals surface area contributed by atoms with E-state index in [0.29, 0.717) is 0 Å². The molecule has 10 aromatic rings. The first kappa shape index (κ1) is 32.3. The zero-order valence-electron chi connectivity index (χ0n) is 30.8. The van der Waals surface area contributed by atoms with E-state index in [2.05, 4.69) is 211 Å². The minimum atomic E-state index is 0.0370. The van der Waals surface area contributed by atoms with Crippen LogP contribution < -0.4 is 15.5 Å². The largest absolute Gasteiger partial charge is 0.456 e. The Labute approximate surface area is 325 Å². The van der Waals surface area contributed by atoms with Crippen molar-refractivity contribution >= 4 is 66.8 Å². The lowest BCUT2D eigenvalue weighted by Crippen LogP contribution is -2.36. The molecule has 1 aromatic heterocycles. The Hall–Kier alpha value is -7.16. The van der Waals surface area contributed by atoms with Gasteiger partial charge in [0.25, 0.3) is 0 Å². The van der Waals surface area contributed by atoms with E-state index in [-0.39, 0.29) is 6.04 Å². The number of hydrogen-bond donors (Lipinski definition) is 0. The lowest BCUT2D eigenvalue weighted by atomic mass is 9.89. The molecule has 2 heteroatoms. The van der Waals surface area contributed by atoms with Crippen molar-refractivity contribution in [1.29, 1.82) is 0 Å². The van der Waals surface area contributed by atoms with E-state index in [1.165, 1.54) is 76.3 Å². The SMILES string of the molecule is C1=c2oc3cc4ccccc4cc3c2=CCC1N(c1ccc(-c2ccccc2)cc1)c1cccc(-c2ccccc2-c2cc3ccccc3c3ccccc23)c1. The Morgan fingerprint density at radius 1 is 0.411 bits per heavy atom. The monoisotopic (exact) mass is 715 g/mol. The Balaban J connectivity index is 1.06. The topological polar surface area (TPSA) is 16.4 Å². The first-order valence-corrected chi connectivity index (χ1v) is 19.4. The molecular formula is C54H37NO. The zero-order chi connectivity index (χ0) is 37.0. The van der Waals surface area contributed by atoms with Gasteiger partial charge in [-0.05, 0) is 121 Å². The number of nitrogens with zero attached hydrogens (tertiary/aromatic N) is 1. The fraction of sp³-hybridized carbons (Fsp3) is 0.0370. The van der Waals surface area contributed by atoms with Crippen LogP contribution in [0, 0.1) is 0 Å². The van der Waals surface area contributed by atoms with Crippen LogP contribution in [-0.2, 0) is 0 Å². The van der Waals surface area contributed by atoms with Gasteiger partial charge >= 0.3 is 0 Å². The summed E-state index contributed by atoms with van der Waals surface area (Å²) >= 11 is 0. The molecule has 0 fully saturated rings. The van der Waals surface area contributed by atoms with Crippen LogP contribution in [0.2, 0.25) is 0 Å². The molecule has 1 unspecified atom stereocenters. The van der Waals surface area contributed by atoms with Gasteiger partial charge in [-0.1, -0.05) is 158 Å². The Morgan fingerprint density at radius 2 is 1.05 bits per heavy atom. The summed E-state index contributed by atoms with van der Waals surface area (Å²) in [5, 5.41) is 9.84. The van der Waals surface area contributed by atoms with Gasteiger partial charge in [0.05, 0.1) is 6.04 Å². The molecule has 0 radical (unpaired) electrons. The summed E-state index contributed by atoms with van der Waals surface area (Å²) in [5.41, 5.74) is 11.4. The molecule has 0 saturated carbocycles. The van der Waals surface area contributed by atoms with Gasteiger partial charge in [-0.2, -0.15) is 0 Å². The Morgan fingerprint density at radius 3 is 1.88 bits per heavy atom. The van der Waals surface area contributed by atoms with E-state index in [0.717, 1.165) is 28.8 Å². The second-order valence-corrected chi connectivity index (χ2v) is 14.8. The van der Waals surface area contributed by atoms with Gasteiger partial charge < -0.3 is 9.32 Å². The lowest BCUT2D eigenvalue weighted by Gasteiger charge is -2.33. The van der Waals surface area contributed by atoms with Crippen LogP contribution in [-0.4, -0.2) is 6.04 Å². The molecule has 9 aromatic carbocycles. The van der Waals surface area contributed by atoms with E-state index in [1.807, 2.05) is 0 Å². The van der Waals surface area contributed by atoms with E-state index < -0.39 is 0 Å². The molecule has 1 aliphatic carbocycles. The smallest absolute Gasteiger partial charge is 0.136 e. The second-order valence-electron chi connectivity index (χ2n) is 14.8. The molecule has 56 heavy (non-hydrogen) atoms. The molecule has 1 aliphatic rings. The number of hydrogen-bond acceptors (Lipinski definition) is 2. The van der Waals surface area contributed by atoms with E-state index in [1.54, 1.807) is 0 Å². The molecule has 1 atom stereocenters. The van der Waals surface area contributed by atoms with Gasteiger partial charge in [-0.3, -0.25) is 0 Å². The lowest BCUT2D eigenvalue weighted by molar-refractivity contribution is 0.568. The van der Waals surface area contributed by atoms with E-state index in [4.69, 9.17) is 4.42 Å². The van der Waals surface area contributed by atoms with Crippen LogP contribution in [0.25, 0.3) is 88.8 Å². The molecule has 11 rings (SSSR count). The van der Waals surface area contributed by atoms with Crippen molar-refractivity contribution in [2.24, 2.45) is 0 Å². The highest BCUT2D eigenvalue weighted by Crippen LogP contribution is 2.41. The van der Waals surface area contributed by atoms with Gasteiger partial charge in [0.2, 0.25) is 0 Å². The first-order chi connectivity index (χ1) is 27.7. The minimum absolute atomic E-state index is 0.0370. The van der Waals surface area contributed by atoms with Crippen molar-refractivity contribution in [3.63, 3.8) is 0 Å². The molecule has 0 N–H and O–H groups in total. The van der Waals surface area contributed by atoms with Crippen molar-refractivity contribution in [1.82, 2.24) is 0 Å². The predicted octanol–water partition coefficient (Wildman–Crippen LogP) is 13.1. The zero-order valence-corrected chi connectivity index (χ0v) is 30.8. The predicted molar refractivity (Wildman–Crippen MR) is 237 cm³/mol. The molecule has 1 heterocycles. The van der Waals surface area contributed by atoms with Crippen molar-refractivity contribution in [3.05, 3.63) is 205 Å². The fourth-order valence-electron chi connectivity index (χ4n) is 8.86. The van der Waals surface area contributed by atoms with Gasteiger partial charge in [-0.15, -0.1) is 0 Å². The van der Waals surface area contributed by atoms with Crippen LogP contribution in [0.5, 0.6) is 0 Å². The van der Waals surface area contributed by atoms with E-state index in [9.17, 15) is 0 Å². The number of rotatable bonds is 6. The molecule has 264 valence electrons. The third kappa shape index (κ3) is 5.49. The summed E-state index contributed by atoms with van der Waals surface area (Å²) in [6.45, 7) is 0. The number of benzene rings is 9. The van der Waals surface area contributed by atoms with Crippen molar-refractivity contribution in [3.8, 4) is 33.4 Å². The van der Waals surface area contributed by atoms with Gasteiger partial charge in [-0.25, -0.2) is 0 Å². The summed E-state index contributed by atoms with van der Waals surface area (Å²) in [4.78, 5) is 2.48. The Kier molecular flexibility index (Phi) is 7.67. The van der Waals surface area contributed by atoms with Crippen LogP contribution in [0.1, 0.15) is 6.42 Å². The number of furan rings is 1. The number of anilines is 2. The van der Waals surface area contributed by atoms with Crippen LogP contribution >= 0.6 is 0 Å². The second kappa shape index (κ2) is 13.3. The van der Waals surface area contributed by atoms with Crippen molar-refractivity contribution in [2.45, 2.75) is 12.5 Å². The summed E-state index contributed by atoms with van der Waals surface area (Å²) < 4.78 is 6.64. The van der Waals surface area contributed by atoms with Crippen LogP contribution in [0.3, 0.4) is 0 Å². The van der Waals surface area contributed by atoms with Crippen LogP contribution in [0.4, 0.5) is 11.4 Å². The average molecular weight is 716 g/mol. The summed E-state index contributed by atoms with van der Waals surface area (Å²) in [6.07, 6.45) is 5.54. The maximum atomic E-state index is 6.64. The highest BCUT2D eigenvalue weighted by atomic mass is 16.3. The molecule has 0 amide bonds. The first-order valence-electron chi connectivity index (χ1n) is 19.4. The highest BCUT2D eigenvalue weighted by Gasteiger charge is 2.23. The van der Waals surface area contributed by atoms with Crippen molar-refractivity contribution < 1.29 is 4.42 Å². The standard InChI is InChI=1S/C54H37NO/c1-2-13-36(14-3-1)37-25-27-42(28-26-37)55(44-29-30-50-52-32-38-15-4-5-16-39(38)34-53(52)56-54(50)35-44)43-19-12-18-40(31-43)45-21-8-9-23-48(45)51-33-41-17-6-7-20-46(41)47-22-10-11-24-49(47)51/h1-28,30-35,44H,29H2. The van der Waals surface area contributed by atoms with E-state index >= 15 is 0 Å². The third-order valence-corrected chi connectivity index (χ3v) is 11.5. The van der Waals surface area contributed by atoms with Crippen LogP contribution in [0.15, 0.2) is 199 Å². The summed E-state index contributed by atoms with van der Waals surface area (Å²) in [5.74, 6) is 0. The van der Waals surface area contributed by atoms with Gasteiger partial charge in [0.15, 0.2) is 0 Å². The minimum Gasteiger partial charge on any atom is -0.456 e. The molecular weight excluding hydrogens is 679 g/mol. The number of fused-ring (bicyclic) bond motifs is 7. The quantitative estimate of drug-likeness (QED) is 0.159. The summed E-state index contributed by atoms with van der Waals surface area (Å²) in [6, 6.07) is 70.4. The summed E-state index contributed by atoms with van der Waals surface area (Å²) in [7, 11) is 0. The molecule has 0 aliphatic heterocycles. The highest BCUT2D eigenvalue weighted by molar-refractivity contribution is 6.14. The molecule has 0 bridgehead atoms.